The molecule has 4 heteroatoms. The Labute approximate surface area is 163 Å². The van der Waals surface area contributed by atoms with Gasteiger partial charge in [-0.05, 0) is 43.9 Å². The van der Waals surface area contributed by atoms with Crippen LogP contribution in [-0.2, 0) is 9.59 Å². The van der Waals surface area contributed by atoms with E-state index in [-0.39, 0.29) is 18.8 Å². The zero-order valence-corrected chi connectivity index (χ0v) is 16.7. The van der Waals surface area contributed by atoms with Crippen molar-refractivity contribution in [2.75, 3.05) is 6.61 Å². The normalized spacial score (nSPS) is 13.1. The second-order valence-corrected chi connectivity index (χ2v) is 6.52. The summed E-state index contributed by atoms with van der Waals surface area (Å²) in [7, 11) is 0. The summed E-state index contributed by atoms with van der Waals surface area (Å²) in [6, 6.07) is 9.20. The molecular weight excluding hydrogens is 340 g/mol. The molecule has 1 saturated carbocycles. The highest BCUT2D eigenvalue weighted by atomic mass is 16.5. The molecule has 0 heterocycles. The summed E-state index contributed by atoms with van der Waals surface area (Å²) in [6.45, 7) is 7.68. The number of carboxylic acids is 1. The molecule has 1 N–H and O–H groups in total. The fraction of sp³-hybridized carbons (Fsp3) is 0.478. The Morgan fingerprint density at radius 2 is 1.85 bits per heavy atom. The molecule has 150 valence electrons. The van der Waals surface area contributed by atoms with E-state index in [1.54, 1.807) is 12.1 Å². The highest BCUT2D eigenvalue weighted by molar-refractivity contribution is 5.90. The van der Waals surface area contributed by atoms with Crippen LogP contribution < -0.4 is 4.74 Å². The zero-order valence-electron chi connectivity index (χ0n) is 16.7. The van der Waals surface area contributed by atoms with Gasteiger partial charge in [-0.1, -0.05) is 69.5 Å². The first-order chi connectivity index (χ1) is 13.0. The minimum atomic E-state index is -0.709. The first-order valence-electron chi connectivity index (χ1n) is 9.65. The fourth-order valence-electron chi connectivity index (χ4n) is 2.40. The van der Waals surface area contributed by atoms with Crippen LogP contribution in [0.1, 0.15) is 58.8 Å². The van der Waals surface area contributed by atoms with Crippen molar-refractivity contribution in [3.8, 4) is 5.75 Å². The molecule has 0 saturated heterocycles. The number of rotatable bonds is 8. The highest BCUT2D eigenvalue weighted by Crippen LogP contribution is 2.22. The molecule has 0 atom stereocenters. The third-order valence-corrected chi connectivity index (χ3v) is 3.99. The molecule has 4 nitrogen and oxygen atoms in total. The lowest BCUT2D eigenvalue weighted by atomic mass is 10.2. The molecule has 27 heavy (non-hydrogen) atoms. The quantitative estimate of drug-likeness (QED) is 0.353. The molecule has 1 aliphatic carbocycles. The Morgan fingerprint density at radius 3 is 2.30 bits per heavy atom. The van der Waals surface area contributed by atoms with Crippen molar-refractivity contribution in [1.82, 2.24) is 0 Å². The zero-order chi connectivity index (χ0) is 20.3. The van der Waals surface area contributed by atoms with Crippen LogP contribution in [-0.4, -0.2) is 23.5 Å². The second kappa shape index (κ2) is 17.1. The second-order valence-electron chi connectivity index (χ2n) is 6.52. The molecule has 1 fully saturated rings. The standard InChI is InChI=1S/C10H10O2.C7H12O2.C6H12/c1-2-9(11)8-12-10-6-4-3-5-7-10;1-2-3-4-5-6-7(8)9;1-6-4-2-3-5-6/h2-7H,1,8H2;2-3H,4-6H2,1H3,(H,8,9);6H,2-5H2,1H3/b;3-2-;. The number of hydrogen-bond donors (Lipinski definition) is 1. The van der Waals surface area contributed by atoms with E-state index in [0.29, 0.717) is 5.75 Å². The lowest BCUT2D eigenvalue weighted by Crippen LogP contribution is -2.07. The number of aliphatic carboxylic acids is 1. The van der Waals surface area contributed by atoms with Gasteiger partial charge >= 0.3 is 5.97 Å². The lowest BCUT2D eigenvalue weighted by Gasteiger charge is -2.01. The molecule has 0 radical (unpaired) electrons. The van der Waals surface area contributed by atoms with Crippen molar-refractivity contribution in [2.45, 2.75) is 58.8 Å². The maximum absolute atomic E-state index is 10.7. The van der Waals surface area contributed by atoms with Crippen molar-refractivity contribution in [3.05, 3.63) is 55.1 Å². The minimum Gasteiger partial charge on any atom is -0.485 e. The minimum absolute atomic E-state index is 0.0630. The van der Waals surface area contributed by atoms with Gasteiger partial charge in [-0.15, -0.1) is 0 Å². The van der Waals surface area contributed by atoms with E-state index < -0.39 is 5.97 Å². The highest BCUT2D eigenvalue weighted by Gasteiger charge is 2.07. The van der Waals surface area contributed by atoms with Gasteiger partial charge in [0, 0.05) is 6.42 Å². The number of carbonyl (C=O) groups excluding carboxylic acids is 1. The van der Waals surface area contributed by atoms with Crippen LogP contribution in [0.3, 0.4) is 0 Å². The molecule has 0 aliphatic heterocycles. The summed E-state index contributed by atoms with van der Waals surface area (Å²) in [5.74, 6) is 0.927. The van der Waals surface area contributed by atoms with Gasteiger partial charge in [-0.25, -0.2) is 0 Å². The predicted molar refractivity (Wildman–Crippen MR) is 111 cm³/mol. The summed E-state index contributed by atoms with van der Waals surface area (Å²) >= 11 is 0. The summed E-state index contributed by atoms with van der Waals surface area (Å²) in [5.41, 5.74) is 0. The fourth-order valence-corrected chi connectivity index (χ4v) is 2.40. The number of ether oxygens (including phenoxy) is 1. The monoisotopic (exact) mass is 374 g/mol. The Bertz CT molecular complexity index is 543. The third kappa shape index (κ3) is 16.8. The van der Waals surface area contributed by atoms with E-state index in [9.17, 15) is 9.59 Å². The number of carboxylic acid groups (broad SMARTS) is 1. The van der Waals surface area contributed by atoms with Gasteiger partial charge < -0.3 is 9.84 Å². The Morgan fingerprint density at radius 1 is 1.22 bits per heavy atom. The average molecular weight is 375 g/mol. The Balaban J connectivity index is 0.000000398. The number of ketones is 1. The molecule has 0 amide bonds. The number of unbranched alkanes of at least 4 members (excludes halogenated alkanes) is 1. The van der Waals surface area contributed by atoms with Crippen LogP contribution >= 0.6 is 0 Å². The van der Waals surface area contributed by atoms with E-state index in [1.165, 1.54) is 31.8 Å². The van der Waals surface area contributed by atoms with Gasteiger partial charge in [0.05, 0.1) is 0 Å². The molecule has 2 rings (SSSR count). The topological polar surface area (TPSA) is 63.6 Å². The number of benzene rings is 1. The number of para-hydroxylation sites is 1. The van der Waals surface area contributed by atoms with Gasteiger partial charge in [0.1, 0.15) is 5.75 Å². The van der Waals surface area contributed by atoms with Crippen LogP contribution in [0.2, 0.25) is 0 Å². The SMILES string of the molecule is C/C=C\CCCC(=O)O.C=CC(=O)COc1ccccc1.CC1CCCC1. The van der Waals surface area contributed by atoms with E-state index in [2.05, 4.69) is 13.5 Å². The largest absolute Gasteiger partial charge is 0.485 e. The molecule has 1 aromatic carbocycles. The van der Waals surface area contributed by atoms with Crippen LogP contribution in [0.5, 0.6) is 5.75 Å². The van der Waals surface area contributed by atoms with Gasteiger partial charge in [0.25, 0.3) is 0 Å². The van der Waals surface area contributed by atoms with Crippen LogP contribution in [0, 0.1) is 5.92 Å². The molecule has 0 spiro atoms. The van der Waals surface area contributed by atoms with E-state index >= 15 is 0 Å². The number of carbonyl (C=O) groups is 2. The van der Waals surface area contributed by atoms with E-state index in [0.717, 1.165) is 18.8 Å². The molecule has 0 aromatic heterocycles. The van der Waals surface area contributed by atoms with Gasteiger partial charge in [-0.3, -0.25) is 9.59 Å². The Kier molecular flexibility index (Phi) is 15.6. The van der Waals surface area contributed by atoms with E-state index in [1.807, 2.05) is 37.3 Å². The molecule has 0 unspecified atom stereocenters. The lowest BCUT2D eigenvalue weighted by molar-refractivity contribution is -0.137. The summed E-state index contributed by atoms with van der Waals surface area (Å²) < 4.78 is 5.14. The van der Waals surface area contributed by atoms with Gasteiger partial charge in [0.15, 0.2) is 12.4 Å². The van der Waals surface area contributed by atoms with Crippen molar-refractivity contribution >= 4 is 11.8 Å². The maximum Gasteiger partial charge on any atom is 0.303 e. The van der Waals surface area contributed by atoms with Crippen LogP contribution in [0.4, 0.5) is 0 Å². The maximum atomic E-state index is 10.7. The van der Waals surface area contributed by atoms with Crippen molar-refractivity contribution < 1.29 is 19.4 Å². The summed E-state index contributed by atoms with van der Waals surface area (Å²) in [6.07, 6.45) is 13.0. The van der Waals surface area contributed by atoms with Crippen LogP contribution in [0.25, 0.3) is 0 Å². The molecule has 1 aliphatic rings. The number of allylic oxidation sites excluding steroid dienone is 2. The molecular formula is C23H34O4. The van der Waals surface area contributed by atoms with Gasteiger partial charge in [0.2, 0.25) is 0 Å². The third-order valence-electron chi connectivity index (χ3n) is 3.99. The van der Waals surface area contributed by atoms with Crippen molar-refractivity contribution in [1.29, 1.82) is 0 Å². The van der Waals surface area contributed by atoms with E-state index in [4.69, 9.17) is 9.84 Å². The molecule has 0 bridgehead atoms. The number of hydrogen-bond acceptors (Lipinski definition) is 3. The molecule has 1 aromatic rings. The summed E-state index contributed by atoms with van der Waals surface area (Å²) in [5, 5.41) is 8.19. The van der Waals surface area contributed by atoms with Gasteiger partial charge in [-0.2, -0.15) is 0 Å². The van der Waals surface area contributed by atoms with Crippen LogP contribution in [0.15, 0.2) is 55.1 Å². The van der Waals surface area contributed by atoms with Crippen molar-refractivity contribution in [2.24, 2.45) is 5.92 Å². The summed E-state index contributed by atoms with van der Waals surface area (Å²) in [4.78, 5) is 20.7. The first-order valence-corrected chi connectivity index (χ1v) is 9.65. The average Bonchev–Trinajstić information content (AvgIpc) is 3.16. The van der Waals surface area contributed by atoms with Crippen molar-refractivity contribution in [3.63, 3.8) is 0 Å². The Hall–Kier alpha value is -2.36. The smallest absolute Gasteiger partial charge is 0.303 e. The first kappa shape index (κ1) is 24.6. The predicted octanol–water partition coefficient (Wildman–Crippen LogP) is 5.83.